The summed E-state index contributed by atoms with van der Waals surface area (Å²) < 4.78 is 33.6. The first-order valence-corrected chi connectivity index (χ1v) is 33.2. The lowest BCUT2D eigenvalue weighted by Crippen LogP contribution is -2.64. The lowest BCUT2D eigenvalue weighted by Gasteiger charge is -2.61. The second kappa shape index (κ2) is 23.0. The minimum atomic E-state index is -1.12. The van der Waals surface area contributed by atoms with Crippen molar-refractivity contribution in [2.24, 2.45) is 35.5 Å². The maximum Gasteiger partial charge on any atom is 0.163 e. The highest BCUT2D eigenvalue weighted by Gasteiger charge is 2.77. The molecule has 4 heterocycles. The van der Waals surface area contributed by atoms with Gasteiger partial charge >= 0.3 is 0 Å². The summed E-state index contributed by atoms with van der Waals surface area (Å²) in [5.41, 5.74) is 8.03. The molecule has 0 N–H and O–H groups in total. The Morgan fingerprint density at radius 3 is 0.530 bits per heavy atom. The van der Waals surface area contributed by atoms with Crippen LogP contribution in [0, 0.1) is 35.5 Å². The zero-order valence-corrected chi connectivity index (χ0v) is 49.8. The van der Waals surface area contributed by atoms with E-state index >= 15 is 0 Å². The van der Waals surface area contributed by atoms with Crippen LogP contribution in [0.15, 0.2) is 314 Å². The minimum absolute atomic E-state index is 0.186. The predicted molar refractivity (Wildman–Crippen MR) is 346 cm³/mol. The molecule has 0 saturated heterocycles. The normalized spacial score (nSPS) is 19.2. The summed E-state index contributed by atoms with van der Waals surface area (Å²) in [6.45, 7) is 0. The van der Waals surface area contributed by atoms with Crippen LogP contribution in [-0.2, 0) is 22.4 Å². The Bertz CT molecular complexity index is 3230. The van der Waals surface area contributed by atoms with Gasteiger partial charge in [-0.15, -0.1) is 0 Å². The van der Waals surface area contributed by atoms with Gasteiger partial charge in [0.2, 0.25) is 0 Å². The fraction of sp³-hybridized carbons (Fsp3) is 0.147. The molecule has 408 valence electrons. The van der Waals surface area contributed by atoms with E-state index < -0.39 is 22.4 Å². The fourth-order valence-electron chi connectivity index (χ4n) is 15.3. The summed E-state index contributed by atoms with van der Waals surface area (Å²) in [7, 11) is 1.38. The number of ether oxygens (including phenoxy) is 4. The van der Waals surface area contributed by atoms with E-state index in [9.17, 15) is 0 Å². The largest absolute Gasteiger partial charge is 0.474 e. The van der Waals surface area contributed by atoms with Gasteiger partial charge in [-0.25, -0.2) is 0 Å². The van der Waals surface area contributed by atoms with Gasteiger partial charge in [-0.1, -0.05) is 300 Å². The highest BCUT2D eigenvalue weighted by Crippen LogP contribution is 2.76. The SMILES string of the molecule is c1ccc(C(Oc2ccc[pH]2)(c2ccccc2)C2C3CC(C2C(Oc2ccc[pH]2)(c2ccccc2)c2ccccc2)C(C(Oc2ccc[pH]2)(c2ccccc2)c2ccccc2)C3C(Oc2ccc[pH]2)(c2ccccc2)c2ccccc2)cc1. The van der Waals surface area contributed by atoms with E-state index in [1.807, 2.05) is 0 Å². The van der Waals surface area contributed by atoms with Gasteiger partial charge in [0.15, 0.2) is 22.4 Å². The molecule has 0 aliphatic heterocycles. The highest BCUT2D eigenvalue weighted by molar-refractivity contribution is 7.32. The molecule has 0 spiro atoms. The van der Waals surface area contributed by atoms with Gasteiger partial charge in [0.25, 0.3) is 0 Å². The van der Waals surface area contributed by atoms with Crippen LogP contribution in [0.5, 0.6) is 21.9 Å². The maximum absolute atomic E-state index is 8.40. The Kier molecular flexibility index (Phi) is 14.7. The van der Waals surface area contributed by atoms with Gasteiger partial charge in [-0.2, -0.15) is 0 Å². The summed E-state index contributed by atoms with van der Waals surface area (Å²) in [6, 6.07) is 107. The van der Waals surface area contributed by atoms with Crippen LogP contribution in [0.4, 0.5) is 0 Å². The summed E-state index contributed by atoms with van der Waals surface area (Å²) in [6.07, 6.45) is 0.786. The molecule has 8 aromatic carbocycles. The lowest BCUT2D eigenvalue weighted by molar-refractivity contribution is -0.165. The maximum atomic E-state index is 8.40. The minimum Gasteiger partial charge on any atom is -0.474 e. The van der Waals surface area contributed by atoms with Crippen molar-refractivity contribution in [3.8, 4) is 21.9 Å². The highest BCUT2D eigenvalue weighted by atomic mass is 31.0. The van der Waals surface area contributed by atoms with Crippen LogP contribution in [0.1, 0.15) is 50.9 Å². The fourth-order valence-corrected chi connectivity index (χ4v) is 18.3. The van der Waals surface area contributed by atoms with E-state index in [2.05, 4.69) is 314 Å². The Morgan fingerprint density at radius 1 is 0.217 bits per heavy atom. The van der Waals surface area contributed by atoms with E-state index in [4.69, 9.17) is 18.9 Å². The van der Waals surface area contributed by atoms with Crippen molar-refractivity contribution in [3.05, 3.63) is 359 Å². The van der Waals surface area contributed by atoms with Gasteiger partial charge in [-0.3, -0.25) is 0 Å². The summed E-state index contributed by atoms with van der Waals surface area (Å²) in [5, 5.41) is 0. The van der Waals surface area contributed by atoms with Gasteiger partial charge in [0.1, 0.15) is 21.9 Å². The molecule has 2 bridgehead atoms. The third-order valence-corrected chi connectivity index (χ3v) is 21.7. The average molecular weight is 1150 g/mol. The molecule has 12 aromatic rings. The number of hydrogen-bond acceptors (Lipinski definition) is 4. The van der Waals surface area contributed by atoms with Crippen LogP contribution >= 0.6 is 32.8 Å². The van der Waals surface area contributed by atoms with Crippen LogP contribution in [0.25, 0.3) is 0 Å². The quantitative estimate of drug-likeness (QED) is 0.0762. The van der Waals surface area contributed by atoms with E-state index in [1.165, 1.54) is 0 Å². The van der Waals surface area contributed by atoms with Crippen LogP contribution < -0.4 is 18.9 Å². The molecule has 2 aliphatic carbocycles. The number of benzene rings is 8. The van der Waals surface area contributed by atoms with Crippen LogP contribution in [0.3, 0.4) is 0 Å². The molecule has 8 unspecified atom stereocenters. The van der Waals surface area contributed by atoms with E-state index in [0.717, 1.165) is 72.9 Å². The van der Waals surface area contributed by atoms with Gasteiger partial charge in [-0.05, 0) is 65.7 Å². The molecule has 8 atom stereocenters. The second-order valence-corrected chi connectivity index (χ2v) is 26.5. The zero-order chi connectivity index (χ0) is 55.5. The Hall–Kier alpha value is -7.92. The van der Waals surface area contributed by atoms with Crippen molar-refractivity contribution >= 4 is 32.8 Å². The molecule has 2 saturated carbocycles. The number of fused-ring (bicyclic) bond motifs is 2. The van der Waals surface area contributed by atoms with Crippen molar-refractivity contribution < 1.29 is 18.9 Å². The molecular formula is C75H64O4P4. The van der Waals surface area contributed by atoms with Crippen molar-refractivity contribution in [2.45, 2.75) is 28.8 Å². The molecule has 4 nitrogen and oxygen atoms in total. The zero-order valence-electron chi connectivity index (χ0n) is 45.8. The molecule has 83 heavy (non-hydrogen) atoms. The van der Waals surface area contributed by atoms with Crippen LogP contribution in [-0.4, -0.2) is 0 Å². The topological polar surface area (TPSA) is 36.9 Å². The third kappa shape index (κ3) is 9.24. The van der Waals surface area contributed by atoms with Crippen LogP contribution in [0.2, 0.25) is 0 Å². The molecule has 4 aromatic heterocycles. The molecule has 8 heteroatoms. The first-order valence-electron chi connectivity index (χ1n) is 28.9. The Morgan fingerprint density at radius 2 is 0.386 bits per heavy atom. The Balaban J connectivity index is 1.21. The standard InChI is InChI=1S/C75H64O4P4/c1-9-29-54(30-10-1)72(55-31-11-2-12-32-55,76-64-45-25-49-80-64)68-62-53-63(69(68)73(56-33-13-3-14-34-56,57-35-15-4-16-36-57)77-65-46-26-50-81-65)71(75(60-41-21-7-22-42-60,61-43-23-8-24-44-61)79-67-48-28-52-83-67)70(62)74(58-37-17-5-18-38-58,59-39-19-6-20-40-59)78-66-47-27-51-82-66/h1-52,62-63,68-71,80-83H,53H2. The van der Waals surface area contributed by atoms with E-state index in [0.29, 0.717) is 32.8 Å². The first-order chi connectivity index (χ1) is 41.1. The van der Waals surface area contributed by atoms with Gasteiger partial charge < -0.3 is 18.9 Å². The molecule has 0 amide bonds. The third-order valence-electron chi connectivity index (χ3n) is 18.0. The summed E-state index contributed by atoms with van der Waals surface area (Å²) in [5.74, 6) is 7.28. The molecule has 14 rings (SSSR count). The number of rotatable bonds is 20. The summed E-state index contributed by atoms with van der Waals surface area (Å²) >= 11 is 0. The summed E-state index contributed by atoms with van der Waals surface area (Å²) in [4.78, 5) is 0. The van der Waals surface area contributed by atoms with E-state index in [1.54, 1.807) is 0 Å². The monoisotopic (exact) mass is 1150 g/mol. The van der Waals surface area contributed by atoms with Crippen molar-refractivity contribution in [2.75, 3.05) is 0 Å². The lowest BCUT2D eigenvalue weighted by atomic mass is 9.48. The Labute approximate surface area is 493 Å². The van der Waals surface area contributed by atoms with E-state index in [-0.39, 0.29) is 35.5 Å². The number of hydrogen-bond donors (Lipinski definition) is 0. The molecular weight excluding hydrogens is 1090 g/mol. The van der Waals surface area contributed by atoms with Crippen molar-refractivity contribution in [3.63, 3.8) is 0 Å². The smallest absolute Gasteiger partial charge is 0.163 e. The first kappa shape index (κ1) is 53.1. The molecule has 0 radical (unpaired) electrons. The predicted octanol–water partition coefficient (Wildman–Crippen LogP) is 19.3. The average Bonchev–Trinajstić information content (AvgIpc) is 2.08. The van der Waals surface area contributed by atoms with Gasteiger partial charge in [0.05, 0.1) is 0 Å². The molecule has 2 fully saturated rings. The van der Waals surface area contributed by atoms with Gasteiger partial charge in [0, 0.05) is 68.2 Å². The second-order valence-electron chi connectivity index (χ2n) is 22.1. The molecule has 2 aliphatic rings. The van der Waals surface area contributed by atoms with Crippen molar-refractivity contribution in [1.29, 1.82) is 0 Å². The van der Waals surface area contributed by atoms with Crippen molar-refractivity contribution in [1.82, 2.24) is 0 Å².